The van der Waals surface area contributed by atoms with Gasteiger partial charge in [-0.1, -0.05) is 30.8 Å². The van der Waals surface area contributed by atoms with Crippen molar-refractivity contribution in [3.05, 3.63) is 34.6 Å². The first-order valence-electron chi connectivity index (χ1n) is 6.80. The second-order valence-corrected chi connectivity index (χ2v) is 6.61. The lowest BCUT2D eigenvalue weighted by molar-refractivity contribution is 0.373. The van der Waals surface area contributed by atoms with Crippen molar-refractivity contribution in [3.63, 3.8) is 0 Å². The lowest BCUT2D eigenvalue weighted by Gasteiger charge is -2.10. The quantitative estimate of drug-likeness (QED) is 0.796. The maximum absolute atomic E-state index is 9.30. The third-order valence-electron chi connectivity index (χ3n) is 3.03. The van der Waals surface area contributed by atoms with Gasteiger partial charge in [0.25, 0.3) is 0 Å². The summed E-state index contributed by atoms with van der Waals surface area (Å²) in [6, 6.07) is 4.13. The van der Waals surface area contributed by atoms with E-state index < -0.39 is 0 Å². The van der Waals surface area contributed by atoms with E-state index in [1.807, 2.05) is 40.7 Å². The average molecular weight is 302 g/mol. The summed E-state index contributed by atoms with van der Waals surface area (Å²) in [7, 11) is 0. The molecule has 0 aliphatic carbocycles. The van der Waals surface area contributed by atoms with Crippen LogP contribution in [0.4, 0.5) is 0 Å². The molecular weight excluding hydrogens is 284 g/mol. The molecule has 0 bridgehead atoms. The molecule has 0 aromatic carbocycles. The molecule has 0 fully saturated rings. The molecular formula is C15H18N4OS. The van der Waals surface area contributed by atoms with Crippen LogP contribution in [-0.4, -0.2) is 15.1 Å². The van der Waals surface area contributed by atoms with Crippen LogP contribution in [0.15, 0.2) is 15.6 Å². The summed E-state index contributed by atoms with van der Waals surface area (Å²) in [6.07, 6.45) is 0. The summed E-state index contributed by atoms with van der Waals surface area (Å²) in [5.74, 6) is 1.49. The van der Waals surface area contributed by atoms with Gasteiger partial charge < -0.3 is 4.52 Å². The van der Waals surface area contributed by atoms with E-state index in [1.54, 1.807) is 0 Å². The Bertz CT molecular complexity index is 687. The molecule has 1 atom stereocenters. The number of rotatable bonds is 4. The standard InChI is InChI=1S/C15H18N4OS/c1-8(2)13-18-14(20-19-13)11(5)21-15-12(7-16)9(3)6-10(4)17-15/h6,8,11H,1-5H3. The first-order valence-corrected chi connectivity index (χ1v) is 7.68. The Balaban J connectivity index is 2.27. The van der Waals surface area contributed by atoms with Gasteiger partial charge in [-0.2, -0.15) is 10.2 Å². The fraction of sp³-hybridized carbons (Fsp3) is 0.467. The van der Waals surface area contributed by atoms with E-state index in [4.69, 9.17) is 4.52 Å². The van der Waals surface area contributed by atoms with Crippen molar-refractivity contribution in [1.82, 2.24) is 15.1 Å². The number of aryl methyl sites for hydroxylation is 2. The fourth-order valence-electron chi connectivity index (χ4n) is 1.89. The Morgan fingerprint density at radius 1 is 1.24 bits per heavy atom. The van der Waals surface area contributed by atoms with Gasteiger partial charge in [-0.15, -0.1) is 0 Å². The minimum atomic E-state index is -0.0502. The topological polar surface area (TPSA) is 75.6 Å². The van der Waals surface area contributed by atoms with Gasteiger partial charge >= 0.3 is 0 Å². The van der Waals surface area contributed by atoms with Crippen molar-refractivity contribution < 1.29 is 4.52 Å². The zero-order chi connectivity index (χ0) is 15.6. The van der Waals surface area contributed by atoms with Gasteiger partial charge in [0.15, 0.2) is 5.82 Å². The van der Waals surface area contributed by atoms with Crippen LogP contribution in [0, 0.1) is 25.2 Å². The van der Waals surface area contributed by atoms with E-state index >= 15 is 0 Å². The zero-order valence-corrected chi connectivity index (χ0v) is 13.7. The molecule has 110 valence electrons. The molecule has 0 spiro atoms. The van der Waals surface area contributed by atoms with Crippen LogP contribution in [-0.2, 0) is 0 Å². The maximum Gasteiger partial charge on any atom is 0.239 e. The smallest absolute Gasteiger partial charge is 0.239 e. The molecule has 0 radical (unpaired) electrons. The third kappa shape index (κ3) is 3.42. The minimum absolute atomic E-state index is 0.0502. The van der Waals surface area contributed by atoms with E-state index in [1.165, 1.54) is 11.8 Å². The van der Waals surface area contributed by atoms with Crippen molar-refractivity contribution in [2.24, 2.45) is 0 Å². The zero-order valence-electron chi connectivity index (χ0n) is 12.8. The largest absolute Gasteiger partial charge is 0.338 e. The normalized spacial score (nSPS) is 12.4. The molecule has 0 saturated carbocycles. The van der Waals surface area contributed by atoms with Gasteiger partial charge in [-0.25, -0.2) is 4.98 Å². The SMILES string of the molecule is Cc1cc(C)c(C#N)c(SC(C)c2nc(C(C)C)no2)n1. The van der Waals surface area contributed by atoms with E-state index in [-0.39, 0.29) is 11.2 Å². The molecule has 5 nitrogen and oxygen atoms in total. The van der Waals surface area contributed by atoms with Crippen LogP contribution < -0.4 is 0 Å². The van der Waals surface area contributed by atoms with Gasteiger partial charge in [-0.05, 0) is 32.4 Å². The molecule has 21 heavy (non-hydrogen) atoms. The molecule has 0 N–H and O–H groups in total. The van der Waals surface area contributed by atoms with Crippen LogP contribution >= 0.6 is 11.8 Å². The van der Waals surface area contributed by atoms with Crippen molar-refractivity contribution in [1.29, 1.82) is 5.26 Å². The highest BCUT2D eigenvalue weighted by Crippen LogP contribution is 2.35. The lowest BCUT2D eigenvalue weighted by Crippen LogP contribution is -1.97. The second-order valence-electron chi connectivity index (χ2n) is 5.28. The van der Waals surface area contributed by atoms with Gasteiger partial charge in [0.2, 0.25) is 5.89 Å². The molecule has 0 saturated heterocycles. The van der Waals surface area contributed by atoms with Crippen LogP contribution in [0.1, 0.15) is 60.5 Å². The highest BCUT2D eigenvalue weighted by molar-refractivity contribution is 7.99. The van der Waals surface area contributed by atoms with Crippen molar-refractivity contribution in [3.8, 4) is 6.07 Å². The van der Waals surface area contributed by atoms with Gasteiger partial charge in [0, 0.05) is 11.6 Å². The predicted octanol–water partition coefficient (Wildman–Crippen LogP) is 3.93. The highest BCUT2D eigenvalue weighted by atomic mass is 32.2. The average Bonchev–Trinajstić information content (AvgIpc) is 2.88. The minimum Gasteiger partial charge on any atom is -0.338 e. The van der Waals surface area contributed by atoms with Crippen molar-refractivity contribution in [2.45, 2.75) is 50.8 Å². The summed E-state index contributed by atoms with van der Waals surface area (Å²) in [4.78, 5) is 8.86. The molecule has 0 aliphatic heterocycles. The number of aromatic nitrogens is 3. The molecule has 2 heterocycles. The number of hydrogen-bond acceptors (Lipinski definition) is 6. The second kappa shape index (κ2) is 6.27. The Hall–Kier alpha value is -1.87. The highest BCUT2D eigenvalue weighted by Gasteiger charge is 2.20. The Morgan fingerprint density at radius 2 is 1.95 bits per heavy atom. The maximum atomic E-state index is 9.30. The molecule has 0 amide bonds. The monoisotopic (exact) mass is 302 g/mol. The number of thioether (sulfide) groups is 1. The molecule has 2 rings (SSSR count). The van der Waals surface area contributed by atoms with Crippen molar-refractivity contribution in [2.75, 3.05) is 0 Å². The van der Waals surface area contributed by atoms with Crippen molar-refractivity contribution >= 4 is 11.8 Å². The molecule has 6 heteroatoms. The Labute approximate surface area is 128 Å². The first-order chi connectivity index (χ1) is 9.92. The van der Waals surface area contributed by atoms with E-state index in [9.17, 15) is 5.26 Å². The number of hydrogen-bond donors (Lipinski definition) is 0. The summed E-state index contributed by atoms with van der Waals surface area (Å²) in [5, 5.41) is 13.9. The van der Waals surface area contributed by atoms with Crippen LogP contribution in [0.3, 0.4) is 0 Å². The van der Waals surface area contributed by atoms with Gasteiger partial charge in [0.1, 0.15) is 11.1 Å². The molecule has 2 aromatic rings. The van der Waals surface area contributed by atoms with Crippen LogP contribution in [0.25, 0.3) is 0 Å². The number of pyridine rings is 1. The molecule has 0 aliphatic rings. The summed E-state index contributed by atoms with van der Waals surface area (Å²) in [6.45, 7) is 9.86. The molecule has 2 aromatic heterocycles. The van der Waals surface area contributed by atoms with Gasteiger partial charge in [-0.3, -0.25) is 0 Å². The van der Waals surface area contributed by atoms with Crippen LogP contribution in [0.2, 0.25) is 0 Å². The van der Waals surface area contributed by atoms with E-state index in [2.05, 4.69) is 21.2 Å². The lowest BCUT2D eigenvalue weighted by atomic mass is 10.1. The summed E-state index contributed by atoms with van der Waals surface area (Å²) in [5.41, 5.74) is 2.45. The molecule has 1 unspecified atom stereocenters. The third-order valence-corrected chi connectivity index (χ3v) is 4.11. The van der Waals surface area contributed by atoms with Crippen LogP contribution in [0.5, 0.6) is 0 Å². The summed E-state index contributed by atoms with van der Waals surface area (Å²) >= 11 is 1.47. The Kier molecular flexibility index (Phi) is 4.63. The summed E-state index contributed by atoms with van der Waals surface area (Å²) < 4.78 is 5.30. The first kappa shape index (κ1) is 15.5. The van der Waals surface area contributed by atoms with E-state index in [0.717, 1.165) is 11.3 Å². The fourth-order valence-corrected chi connectivity index (χ4v) is 2.94. The predicted molar refractivity (Wildman–Crippen MR) is 81.1 cm³/mol. The number of nitriles is 1. The van der Waals surface area contributed by atoms with E-state index in [0.29, 0.717) is 22.3 Å². The van der Waals surface area contributed by atoms with Gasteiger partial charge in [0.05, 0.1) is 10.8 Å². The number of nitrogens with zero attached hydrogens (tertiary/aromatic N) is 4. The Morgan fingerprint density at radius 3 is 2.52 bits per heavy atom.